The maximum absolute atomic E-state index is 12.9. The summed E-state index contributed by atoms with van der Waals surface area (Å²) >= 11 is 1.18. The van der Waals surface area contributed by atoms with Crippen LogP contribution in [0.3, 0.4) is 0 Å². The van der Waals surface area contributed by atoms with E-state index in [4.69, 9.17) is 0 Å². The van der Waals surface area contributed by atoms with Gasteiger partial charge >= 0.3 is 5.97 Å². The number of amides is 1. The summed E-state index contributed by atoms with van der Waals surface area (Å²) < 4.78 is 12.9. The second-order valence-corrected chi connectivity index (χ2v) is 6.04. The highest BCUT2D eigenvalue weighted by Gasteiger charge is 2.18. The predicted molar refractivity (Wildman–Crippen MR) is 91.1 cm³/mol. The number of anilines is 1. The Morgan fingerprint density at radius 1 is 1.00 bits per heavy atom. The lowest BCUT2D eigenvalue weighted by atomic mass is 10.1. The number of carboxylic acids is 1. The second kappa shape index (κ2) is 6.64. The Morgan fingerprint density at radius 3 is 2.29 bits per heavy atom. The van der Waals surface area contributed by atoms with Gasteiger partial charge in [0.1, 0.15) is 10.8 Å². The minimum atomic E-state index is -1.12. The van der Waals surface area contributed by atoms with Gasteiger partial charge in [-0.15, -0.1) is 11.3 Å². The normalized spacial score (nSPS) is 10.4. The van der Waals surface area contributed by atoms with Crippen LogP contribution in [0, 0.1) is 5.82 Å². The molecule has 2 aromatic carbocycles. The third-order valence-corrected chi connectivity index (χ3v) is 4.45. The summed E-state index contributed by atoms with van der Waals surface area (Å²) in [6.07, 6.45) is 0. The van der Waals surface area contributed by atoms with E-state index >= 15 is 0 Å². The van der Waals surface area contributed by atoms with Gasteiger partial charge in [0, 0.05) is 10.4 Å². The van der Waals surface area contributed by atoms with E-state index in [0.717, 1.165) is 10.4 Å². The average Bonchev–Trinajstić information content (AvgIpc) is 3.00. The average molecular weight is 341 g/mol. The standard InChI is InChI=1S/C18H12FNO3S/c19-13-8-6-12(7-9-13)16(21)20-17-14(18(22)23)10-15(24-17)11-4-2-1-3-5-11/h1-10H,(H,20,21)(H,22,23). The number of nitrogens with one attached hydrogen (secondary N) is 1. The highest BCUT2D eigenvalue weighted by Crippen LogP contribution is 2.35. The molecule has 1 heterocycles. The summed E-state index contributed by atoms with van der Waals surface area (Å²) in [5.41, 5.74) is 1.14. The van der Waals surface area contributed by atoms with Gasteiger partial charge in [-0.05, 0) is 35.9 Å². The van der Waals surface area contributed by atoms with Crippen LogP contribution in [0.25, 0.3) is 10.4 Å². The molecule has 0 atom stereocenters. The van der Waals surface area contributed by atoms with E-state index in [1.807, 2.05) is 30.3 Å². The van der Waals surface area contributed by atoms with Crippen molar-refractivity contribution in [3.8, 4) is 10.4 Å². The summed E-state index contributed by atoms with van der Waals surface area (Å²) in [5.74, 6) is -2.05. The van der Waals surface area contributed by atoms with Crippen LogP contribution in [0.2, 0.25) is 0 Å². The number of rotatable bonds is 4. The lowest BCUT2D eigenvalue weighted by Gasteiger charge is -2.04. The van der Waals surface area contributed by atoms with Gasteiger partial charge < -0.3 is 10.4 Å². The molecule has 0 saturated heterocycles. The van der Waals surface area contributed by atoms with E-state index in [9.17, 15) is 19.1 Å². The number of carbonyl (C=O) groups is 2. The second-order valence-electron chi connectivity index (χ2n) is 4.99. The summed E-state index contributed by atoms with van der Waals surface area (Å²) in [7, 11) is 0. The van der Waals surface area contributed by atoms with E-state index in [1.165, 1.54) is 41.7 Å². The van der Waals surface area contributed by atoms with Crippen molar-refractivity contribution in [3.05, 3.63) is 77.6 Å². The van der Waals surface area contributed by atoms with Crippen LogP contribution in [-0.4, -0.2) is 17.0 Å². The molecule has 0 bridgehead atoms. The molecule has 3 aromatic rings. The molecule has 4 nitrogen and oxygen atoms in total. The molecule has 0 unspecified atom stereocenters. The molecule has 0 radical (unpaired) electrons. The fraction of sp³-hybridized carbons (Fsp3) is 0. The molecule has 0 aliphatic rings. The molecule has 120 valence electrons. The molecule has 3 rings (SSSR count). The Balaban J connectivity index is 1.92. The number of halogens is 1. The van der Waals surface area contributed by atoms with Crippen molar-refractivity contribution in [1.82, 2.24) is 0 Å². The zero-order valence-electron chi connectivity index (χ0n) is 12.3. The van der Waals surface area contributed by atoms with Gasteiger partial charge in [0.05, 0.1) is 5.56 Å². The molecule has 1 aromatic heterocycles. The van der Waals surface area contributed by atoms with Gasteiger partial charge in [0.15, 0.2) is 0 Å². The number of aromatic carboxylic acids is 1. The van der Waals surface area contributed by atoms with Crippen molar-refractivity contribution < 1.29 is 19.1 Å². The van der Waals surface area contributed by atoms with Crippen LogP contribution >= 0.6 is 11.3 Å². The molecule has 0 spiro atoms. The first-order valence-corrected chi connectivity index (χ1v) is 7.85. The lowest BCUT2D eigenvalue weighted by Crippen LogP contribution is -2.13. The van der Waals surface area contributed by atoms with Gasteiger partial charge in [-0.25, -0.2) is 9.18 Å². The van der Waals surface area contributed by atoms with E-state index in [1.54, 1.807) is 0 Å². The number of carboxylic acid groups (broad SMARTS) is 1. The Morgan fingerprint density at radius 2 is 1.67 bits per heavy atom. The van der Waals surface area contributed by atoms with Crippen molar-refractivity contribution >= 4 is 28.2 Å². The SMILES string of the molecule is O=C(Nc1sc(-c2ccccc2)cc1C(=O)O)c1ccc(F)cc1. The van der Waals surface area contributed by atoms with Crippen LogP contribution in [0.4, 0.5) is 9.39 Å². The van der Waals surface area contributed by atoms with Crippen LogP contribution in [0.1, 0.15) is 20.7 Å². The number of benzene rings is 2. The Labute approximate surface area is 141 Å². The first kappa shape index (κ1) is 15.9. The number of hydrogen-bond acceptors (Lipinski definition) is 3. The molecule has 1 amide bonds. The maximum Gasteiger partial charge on any atom is 0.338 e. The van der Waals surface area contributed by atoms with E-state index < -0.39 is 17.7 Å². The Bertz CT molecular complexity index is 888. The minimum absolute atomic E-state index is 0.0225. The van der Waals surface area contributed by atoms with Crippen molar-refractivity contribution in [2.45, 2.75) is 0 Å². The minimum Gasteiger partial charge on any atom is -0.478 e. The monoisotopic (exact) mass is 341 g/mol. The lowest BCUT2D eigenvalue weighted by molar-refractivity contribution is 0.0698. The van der Waals surface area contributed by atoms with Gasteiger partial charge in [-0.3, -0.25) is 4.79 Å². The number of thiophene rings is 1. The van der Waals surface area contributed by atoms with E-state index in [0.29, 0.717) is 0 Å². The van der Waals surface area contributed by atoms with Crippen LogP contribution < -0.4 is 5.32 Å². The third-order valence-electron chi connectivity index (χ3n) is 3.35. The zero-order chi connectivity index (χ0) is 17.1. The first-order chi connectivity index (χ1) is 11.5. The fourth-order valence-corrected chi connectivity index (χ4v) is 3.21. The molecule has 0 aliphatic carbocycles. The molecule has 2 N–H and O–H groups in total. The van der Waals surface area contributed by atoms with Crippen molar-refractivity contribution in [2.75, 3.05) is 5.32 Å². The highest BCUT2D eigenvalue weighted by atomic mass is 32.1. The third kappa shape index (κ3) is 3.33. The summed E-state index contributed by atoms with van der Waals surface area (Å²) in [5, 5.41) is 12.2. The topological polar surface area (TPSA) is 66.4 Å². The molecule has 6 heteroatoms. The van der Waals surface area contributed by atoms with Gasteiger partial charge in [0.25, 0.3) is 5.91 Å². The quantitative estimate of drug-likeness (QED) is 0.734. The summed E-state index contributed by atoms with van der Waals surface area (Å²) in [4.78, 5) is 24.4. The molecular formula is C18H12FNO3S. The van der Waals surface area contributed by atoms with Crippen LogP contribution in [0.15, 0.2) is 60.7 Å². The van der Waals surface area contributed by atoms with Crippen LogP contribution in [0.5, 0.6) is 0 Å². The van der Waals surface area contributed by atoms with Gasteiger partial charge in [-0.1, -0.05) is 30.3 Å². The van der Waals surface area contributed by atoms with Gasteiger partial charge in [-0.2, -0.15) is 0 Å². The molecule has 0 fully saturated rings. The smallest absolute Gasteiger partial charge is 0.338 e. The zero-order valence-corrected chi connectivity index (χ0v) is 13.1. The fourth-order valence-electron chi connectivity index (χ4n) is 2.16. The predicted octanol–water partition coefficient (Wildman–Crippen LogP) is 4.50. The Kier molecular flexibility index (Phi) is 4.39. The van der Waals surface area contributed by atoms with E-state index in [2.05, 4.69) is 5.32 Å². The molecule has 0 aliphatic heterocycles. The first-order valence-electron chi connectivity index (χ1n) is 7.04. The maximum atomic E-state index is 12.9. The van der Waals surface area contributed by atoms with Crippen LogP contribution in [-0.2, 0) is 0 Å². The molecular weight excluding hydrogens is 329 g/mol. The summed E-state index contributed by atoms with van der Waals surface area (Å²) in [6, 6.07) is 15.9. The highest BCUT2D eigenvalue weighted by molar-refractivity contribution is 7.20. The number of carbonyl (C=O) groups excluding carboxylic acids is 1. The van der Waals surface area contributed by atoms with Crippen molar-refractivity contribution in [2.24, 2.45) is 0 Å². The van der Waals surface area contributed by atoms with Crippen molar-refractivity contribution in [1.29, 1.82) is 0 Å². The summed E-state index contributed by atoms with van der Waals surface area (Å²) in [6.45, 7) is 0. The molecule has 0 saturated carbocycles. The van der Waals surface area contributed by atoms with Crippen molar-refractivity contribution in [3.63, 3.8) is 0 Å². The van der Waals surface area contributed by atoms with E-state index in [-0.39, 0.29) is 16.1 Å². The Hall–Kier alpha value is -2.99. The van der Waals surface area contributed by atoms with Gasteiger partial charge in [0.2, 0.25) is 0 Å². The molecule has 24 heavy (non-hydrogen) atoms. The largest absolute Gasteiger partial charge is 0.478 e. The number of hydrogen-bond donors (Lipinski definition) is 2.